The van der Waals surface area contributed by atoms with Gasteiger partial charge in [-0.3, -0.25) is 9.59 Å². The minimum absolute atomic E-state index is 0.240. The van der Waals surface area contributed by atoms with Crippen LogP contribution >= 0.6 is 0 Å². The Labute approximate surface area is 229 Å². The van der Waals surface area contributed by atoms with Crippen molar-refractivity contribution in [1.29, 1.82) is 0 Å². The SMILES string of the molecule is CCOC(=O)CCCOc1ccccc1NC(=O)/C=C(\C)c1ccc2c(ccn2Cc2ccc(OC)cc2)c1. The molecule has 39 heavy (non-hydrogen) atoms. The van der Waals surface area contributed by atoms with E-state index in [0.29, 0.717) is 37.5 Å². The van der Waals surface area contributed by atoms with E-state index >= 15 is 0 Å². The summed E-state index contributed by atoms with van der Waals surface area (Å²) in [6.07, 6.45) is 4.49. The Hall–Kier alpha value is -4.52. The minimum atomic E-state index is -0.243. The second-order valence-corrected chi connectivity index (χ2v) is 9.14. The highest BCUT2D eigenvalue weighted by Crippen LogP contribution is 2.26. The van der Waals surface area contributed by atoms with Crippen molar-refractivity contribution in [2.45, 2.75) is 33.2 Å². The molecule has 1 N–H and O–H groups in total. The van der Waals surface area contributed by atoms with E-state index in [1.165, 1.54) is 5.56 Å². The highest BCUT2D eigenvalue weighted by atomic mass is 16.5. The highest BCUT2D eigenvalue weighted by molar-refractivity contribution is 6.04. The Morgan fingerprint density at radius 3 is 2.56 bits per heavy atom. The molecule has 0 spiro atoms. The molecule has 0 aliphatic rings. The number of ether oxygens (including phenoxy) is 3. The topological polar surface area (TPSA) is 78.8 Å². The molecular formula is C32H34N2O5. The Bertz CT molecular complexity index is 1450. The molecule has 0 atom stereocenters. The van der Waals surface area contributed by atoms with Gasteiger partial charge in [0.25, 0.3) is 0 Å². The van der Waals surface area contributed by atoms with E-state index in [0.717, 1.165) is 34.3 Å². The van der Waals surface area contributed by atoms with Crippen LogP contribution in [0.3, 0.4) is 0 Å². The maximum Gasteiger partial charge on any atom is 0.305 e. The maximum absolute atomic E-state index is 12.8. The Balaban J connectivity index is 1.39. The quantitative estimate of drug-likeness (QED) is 0.130. The van der Waals surface area contributed by atoms with Crippen molar-refractivity contribution in [2.75, 3.05) is 25.6 Å². The van der Waals surface area contributed by atoms with Crippen molar-refractivity contribution < 1.29 is 23.8 Å². The number of methoxy groups -OCH3 is 1. The minimum Gasteiger partial charge on any atom is -0.497 e. The standard InChI is InChI=1S/C32H34N2O5/c1-4-38-32(36)10-7-19-39-30-9-6-5-8-28(30)33-31(35)20-23(2)25-13-16-29-26(21-25)17-18-34(29)22-24-11-14-27(37-3)15-12-24/h5-6,8-9,11-18,20-21H,4,7,10,19,22H2,1-3H3,(H,33,35)/b23-20+. The fourth-order valence-electron chi connectivity index (χ4n) is 4.29. The number of carbonyl (C=O) groups is 2. The number of rotatable bonds is 12. The molecule has 0 saturated carbocycles. The van der Waals surface area contributed by atoms with Gasteiger partial charge in [-0.15, -0.1) is 0 Å². The number of para-hydroxylation sites is 2. The summed E-state index contributed by atoms with van der Waals surface area (Å²) >= 11 is 0. The number of anilines is 1. The first-order valence-electron chi connectivity index (χ1n) is 13.1. The van der Waals surface area contributed by atoms with Crippen LogP contribution in [0.4, 0.5) is 5.69 Å². The number of fused-ring (bicyclic) bond motifs is 1. The first-order chi connectivity index (χ1) is 19.0. The second-order valence-electron chi connectivity index (χ2n) is 9.14. The summed E-state index contributed by atoms with van der Waals surface area (Å²) in [5.74, 6) is 0.914. The van der Waals surface area contributed by atoms with Crippen molar-refractivity contribution in [2.24, 2.45) is 0 Å². The number of esters is 1. The maximum atomic E-state index is 12.8. The van der Waals surface area contributed by atoms with Crippen molar-refractivity contribution in [3.05, 3.63) is 96.2 Å². The molecule has 0 saturated heterocycles. The van der Waals surface area contributed by atoms with Gasteiger partial charge in [-0.1, -0.05) is 30.3 Å². The van der Waals surface area contributed by atoms with Gasteiger partial charge in [0.2, 0.25) is 5.91 Å². The molecule has 4 aromatic rings. The molecule has 7 heteroatoms. The number of carbonyl (C=O) groups excluding carboxylic acids is 2. The molecule has 0 fully saturated rings. The predicted octanol–water partition coefficient (Wildman–Crippen LogP) is 6.46. The Morgan fingerprint density at radius 1 is 1.00 bits per heavy atom. The van der Waals surface area contributed by atoms with Gasteiger partial charge in [-0.05, 0) is 79.4 Å². The van der Waals surface area contributed by atoms with Gasteiger partial charge >= 0.3 is 5.97 Å². The van der Waals surface area contributed by atoms with E-state index in [1.54, 1.807) is 32.2 Å². The molecule has 0 aliphatic heterocycles. The third-order valence-electron chi connectivity index (χ3n) is 6.32. The van der Waals surface area contributed by atoms with Crippen LogP contribution in [0.1, 0.15) is 37.8 Å². The predicted molar refractivity (Wildman–Crippen MR) is 154 cm³/mol. The van der Waals surface area contributed by atoms with Gasteiger partial charge in [0, 0.05) is 36.1 Å². The lowest BCUT2D eigenvalue weighted by molar-refractivity contribution is -0.143. The van der Waals surface area contributed by atoms with Crippen LogP contribution < -0.4 is 14.8 Å². The van der Waals surface area contributed by atoms with E-state index in [-0.39, 0.29) is 11.9 Å². The van der Waals surface area contributed by atoms with Crippen molar-refractivity contribution >= 4 is 34.0 Å². The van der Waals surface area contributed by atoms with Crippen molar-refractivity contribution in [1.82, 2.24) is 4.57 Å². The summed E-state index contributed by atoms with van der Waals surface area (Å²) in [5.41, 5.74) is 4.72. The van der Waals surface area contributed by atoms with Gasteiger partial charge < -0.3 is 24.1 Å². The lowest BCUT2D eigenvalue weighted by Crippen LogP contribution is -2.11. The van der Waals surface area contributed by atoms with Gasteiger partial charge in [-0.25, -0.2) is 0 Å². The Morgan fingerprint density at radius 2 is 1.79 bits per heavy atom. The van der Waals surface area contributed by atoms with E-state index in [2.05, 4.69) is 46.4 Å². The average molecular weight is 527 g/mol. The molecule has 1 aromatic heterocycles. The largest absolute Gasteiger partial charge is 0.497 e. The molecule has 202 valence electrons. The monoisotopic (exact) mass is 526 g/mol. The van der Waals surface area contributed by atoms with Crippen LogP contribution in [0.25, 0.3) is 16.5 Å². The summed E-state index contributed by atoms with van der Waals surface area (Å²) < 4.78 is 18.2. The molecule has 0 bridgehead atoms. The van der Waals surface area contributed by atoms with E-state index < -0.39 is 0 Å². The molecule has 4 rings (SSSR count). The summed E-state index contributed by atoms with van der Waals surface area (Å²) in [5, 5.41) is 4.02. The average Bonchev–Trinajstić information content (AvgIpc) is 3.34. The molecule has 7 nitrogen and oxygen atoms in total. The number of hydrogen-bond donors (Lipinski definition) is 1. The molecule has 0 aliphatic carbocycles. The first-order valence-corrected chi connectivity index (χ1v) is 13.1. The zero-order valence-corrected chi connectivity index (χ0v) is 22.6. The van der Waals surface area contributed by atoms with Crippen LogP contribution in [-0.2, 0) is 20.9 Å². The third-order valence-corrected chi connectivity index (χ3v) is 6.32. The number of nitrogens with one attached hydrogen (secondary N) is 1. The molecular weight excluding hydrogens is 492 g/mol. The van der Waals surface area contributed by atoms with Gasteiger partial charge in [-0.2, -0.15) is 0 Å². The van der Waals surface area contributed by atoms with E-state index in [4.69, 9.17) is 14.2 Å². The lowest BCUT2D eigenvalue weighted by Gasteiger charge is -2.12. The van der Waals surface area contributed by atoms with Crippen LogP contribution in [0.15, 0.2) is 85.1 Å². The fraction of sp³-hybridized carbons (Fsp3) is 0.250. The number of aromatic nitrogens is 1. The molecule has 1 amide bonds. The zero-order valence-electron chi connectivity index (χ0n) is 22.6. The van der Waals surface area contributed by atoms with Crippen molar-refractivity contribution in [3.8, 4) is 11.5 Å². The number of allylic oxidation sites excluding steroid dienone is 1. The van der Waals surface area contributed by atoms with Crippen LogP contribution in [-0.4, -0.2) is 36.8 Å². The van der Waals surface area contributed by atoms with Crippen LogP contribution in [0.2, 0.25) is 0 Å². The lowest BCUT2D eigenvalue weighted by atomic mass is 10.0. The van der Waals surface area contributed by atoms with Crippen LogP contribution in [0.5, 0.6) is 11.5 Å². The summed E-state index contributed by atoms with van der Waals surface area (Å²) in [4.78, 5) is 24.3. The van der Waals surface area contributed by atoms with Gasteiger partial charge in [0.05, 0.1) is 26.0 Å². The van der Waals surface area contributed by atoms with Gasteiger partial charge in [0.15, 0.2) is 0 Å². The highest BCUT2D eigenvalue weighted by Gasteiger charge is 2.09. The summed E-state index contributed by atoms with van der Waals surface area (Å²) in [6.45, 7) is 5.18. The van der Waals surface area contributed by atoms with Crippen molar-refractivity contribution in [3.63, 3.8) is 0 Å². The molecule has 3 aromatic carbocycles. The second kappa shape index (κ2) is 13.3. The smallest absolute Gasteiger partial charge is 0.305 e. The third kappa shape index (κ3) is 7.51. The first kappa shape index (κ1) is 27.5. The number of nitrogens with zero attached hydrogens (tertiary/aromatic N) is 1. The number of amides is 1. The summed E-state index contributed by atoms with van der Waals surface area (Å²) in [6, 6.07) is 23.6. The van der Waals surface area contributed by atoms with Crippen LogP contribution in [0, 0.1) is 0 Å². The van der Waals surface area contributed by atoms with E-state index in [9.17, 15) is 9.59 Å². The number of hydrogen-bond acceptors (Lipinski definition) is 5. The molecule has 0 unspecified atom stereocenters. The molecule has 1 heterocycles. The molecule has 0 radical (unpaired) electrons. The summed E-state index contributed by atoms with van der Waals surface area (Å²) in [7, 11) is 1.66. The normalized spacial score (nSPS) is 11.3. The zero-order chi connectivity index (χ0) is 27.6. The van der Waals surface area contributed by atoms with Gasteiger partial charge in [0.1, 0.15) is 11.5 Å². The number of benzene rings is 3. The fourth-order valence-corrected chi connectivity index (χ4v) is 4.29. The van der Waals surface area contributed by atoms with E-state index in [1.807, 2.05) is 37.3 Å². The Kier molecular flexibility index (Phi) is 9.40.